The van der Waals surface area contributed by atoms with Gasteiger partial charge in [-0.15, -0.1) is 24.8 Å². The molecule has 2 aromatic rings. The number of hydrogen-bond acceptors (Lipinski definition) is 4. The molecule has 0 aromatic heterocycles. The number of benzene rings is 2. The third-order valence-corrected chi connectivity index (χ3v) is 4.62. The molecular weight excluding hydrogens is 387 g/mol. The van der Waals surface area contributed by atoms with Gasteiger partial charge in [-0.25, -0.2) is 0 Å². The van der Waals surface area contributed by atoms with E-state index >= 15 is 0 Å². The lowest BCUT2D eigenvalue weighted by molar-refractivity contribution is -0.134. The van der Waals surface area contributed by atoms with Crippen LogP contribution in [0.4, 0.5) is 0 Å². The van der Waals surface area contributed by atoms with E-state index in [0.717, 1.165) is 19.6 Å². The van der Waals surface area contributed by atoms with Gasteiger partial charge in [-0.1, -0.05) is 42.5 Å². The van der Waals surface area contributed by atoms with Crippen LogP contribution in [0.1, 0.15) is 5.56 Å². The van der Waals surface area contributed by atoms with Gasteiger partial charge in [0.25, 0.3) is 0 Å². The summed E-state index contributed by atoms with van der Waals surface area (Å²) < 4.78 is 0. The monoisotopic (exact) mass is 412 g/mol. The molecule has 0 aliphatic carbocycles. The lowest BCUT2D eigenvalue weighted by Crippen LogP contribution is -2.51. The highest BCUT2D eigenvalue weighted by Crippen LogP contribution is 2.20. The van der Waals surface area contributed by atoms with E-state index in [0.29, 0.717) is 13.1 Å². The Morgan fingerprint density at radius 3 is 2.33 bits per heavy atom. The fraction of sp³-hybridized carbons (Fsp3) is 0.368. The smallest absolute Gasteiger partial charge is 0.242 e. The highest BCUT2D eigenvalue weighted by Gasteiger charge is 2.21. The summed E-state index contributed by atoms with van der Waals surface area (Å²) in [6.07, 6.45) is 0. The Kier molecular flexibility index (Phi) is 9.52. The van der Waals surface area contributed by atoms with E-state index in [1.54, 1.807) is 4.90 Å². The Morgan fingerprint density at radius 1 is 0.963 bits per heavy atom. The van der Waals surface area contributed by atoms with Crippen molar-refractivity contribution in [1.82, 2.24) is 15.1 Å². The fourth-order valence-electron chi connectivity index (χ4n) is 3.18. The molecule has 1 saturated heterocycles. The number of carbonyl (C=O) groups is 2. The van der Waals surface area contributed by atoms with Gasteiger partial charge in [0.15, 0.2) is 0 Å². The molecule has 0 unspecified atom stereocenters. The van der Waals surface area contributed by atoms with Crippen molar-refractivity contribution in [2.24, 2.45) is 5.73 Å². The Balaban J connectivity index is 0.00000182. The first-order valence-electron chi connectivity index (χ1n) is 8.61. The summed E-state index contributed by atoms with van der Waals surface area (Å²) in [6.45, 7) is 3.85. The number of halogens is 2. The van der Waals surface area contributed by atoms with Crippen LogP contribution in [0.2, 0.25) is 0 Å². The first-order valence-corrected chi connectivity index (χ1v) is 8.61. The summed E-state index contributed by atoms with van der Waals surface area (Å²) in [5.74, 6) is -0.352. The van der Waals surface area contributed by atoms with Crippen LogP contribution in [0.5, 0.6) is 0 Å². The molecule has 2 aromatic carbocycles. The topological polar surface area (TPSA) is 78.7 Å². The number of nitrogens with zero attached hydrogens (tertiary/aromatic N) is 2. The van der Waals surface area contributed by atoms with Crippen LogP contribution < -0.4 is 11.1 Å². The van der Waals surface area contributed by atoms with E-state index in [1.165, 1.54) is 16.3 Å². The number of hydrogen-bond donors (Lipinski definition) is 2. The number of fused-ring (bicyclic) bond motifs is 1. The maximum atomic E-state index is 12.1. The van der Waals surface area contributed by atoms with Crippen molar-refractivity contribution in [2.45, 2.75) is 6.54 Å². The minimum absolute atomic E-state index is 0. The van der Waals surface area contributed by atoms with Crippen molar-refractivity contribution in [3.63, 3.8) is 0 Å². The predicted molar refractivity (Wildman–Crippen MR) is 112 cm³/mol. The van der Waals surface area contributed by atoms with Gasteiger partial charge in [-0.2, -0.15) is 0 Å². The van der Waals surface area contributed by atoms with E-state index in [2.05, 4.69) is 52.7 Å². The van der Waals surface area contributed by atoms with Gasteiger partial charge in [-0.05, 0) is 16.3 Å². The van der Waals surface area contributed by atoms with Crippen LogP contribution in [0, 0.1) is 0 Å². The zero-order chi connectivity index (χ0) is 17.6. The minimum atomic E-state index is -0.303. The van der Waals surface area contributed by atoms with Crippen LogP contribution in [0.25, 0.3) is 10.8 Å². The van der Waals surface area contributed by atoms with E-state index in [1.807, 2.05) is 0 Å². The second-order valence-electron chi connectivity index (χ2n) is 6.28. The zero-order valence-corrected chi connectivity index (χ0v) is 16.7. The molecule has 2 amide bonds. The summed E-state index contributed by atoms with van der Waals surface area (Å²) in [5, 5.41) is 5.07. The van der Waals surface area contributed by atoms with Gasteiger partial charge in [0.1, 0.15) is 0 Å². The third-order valence-electron chi connectivity index (χ3n) is 4.62. The molecule has 0 saturated carbocycles. The molecule has 0 bridgehead atoms. The molecule has 148 valence electrons. The van der Waals surface area contributed by atoms with Crippen molar-refractivity contribution in [3.05, 3.63) is 48.0 Å². The van der Waals surface area contributed by atoms with E-state index in [9.17, 15) is 9.59 Å². The van der Waals surface area contributed by atoms with Crippen LogP contribution in [-0.4, -0.2) is 60.9 Å². The highest BCUT2D eigenvalue weighted by atomic mass is 35.5. The molecule has 0 radical (unpaired) electrons. The fourth-order valence-corrected chi connectivity index (χ4v) is 3.18. The molecule has 1 aliphatic rings. The first-order chi connectivity index (χ1) is 12.2. The minimum Gasteiger partial charge on any atom is -0.346 e. The van der Waals surface area contributed by atoms with Gasteiger partial charge in [0.2, 0.25) is 11.8 Å². The summed E-state index contributed by atoms with van der Waals surface area (Å²) in [5.41, 5.74) is 6.54. The van der Waals surface area contributed by atoms with Gasteiger partial charge >= 0.3 is 0 Å². The first kappa shape index (κ1) is 23.2. The van der Waals surface area contributed by atoms with Crippen LogP contribution in [-0.2, 0) is 16.1 Å². The Bertz CT molecular complexity index is 759. The summed E-state index contributed by atoms with van der Waals surface area (Å²) >= 11 is 0. The maximum Gasteiger partial charge on any atom is 0.242 e. The molecule has 3 N–H and O–H groups in total. The lowest BCUT2D eigenvalue weighted by Gasteiger charge is -2.35. The molecule has 1 heterocycles. The summed E-state index contributed by atoms with van der Waals surface area (Å²) in [7, 11) is 0. The number of rotatable bonds is 5. The van der Waals surface area contributed by atoms with E-state index in [-0.39, 0.29) is 49.7 Å². The van der Waals surface area contributed by atoms with Crippen molar-refractivity contribution >= 4 is 47.4 Å². The SMILES string of the molecule is Cl.Cl.NCC(=O)NCC(=O)N1CCN(Cc2cccc3ccccc23)CC1. The van der Waals surface area contributed by atoms with Crippen molar-refractivity contribution in [2.75, 3.05) is 39.3 Å². The zero-order valence-electron chi connectivity index (χ0n) is 15.1. The van der Waals surface area contributed by atoms with Gasteiger partial charge in [0, 0.05) is 32.7 Å². The molecule has 3 rings (SSSR count). The number of piperazine rings is 1. The summed E-state index contributed by atoms with van der Waals surface area (Å²) in [4.78, 5) is 27.4. The highest BCUT2D eigenvalue weighted by molar-refractivity contribution is 5.86. The Hall–Kier alpha value is -1.86. The van der Waals surface area contributed by atoms with E-state index in [4.69, 9.17) is 5.73 Å². The third kappa shape index (κ3) is 6.07. The molecule has 6 nitrogen and oxygen atoms in total. The largest absolute Gasteiger partial charge is 0.346 e. The normalized spacial score (nSPS) is 14.2. The quantitative estimate of drug-likeness (QED) is 0.777. The second-order valence-corrected chi connectivity index (χ2v) is 6.28. The Morgan fingerprint density at radius 2 is 1.63 bits per heavy atom. The van der Waals surface area contributed by atoms with Crippen molar-refractivity contribution < 1.29 is 9.59 Å². The lowest BCUT2D eigenvalue weighted by atomic mass is 10.0. The number of nitrogens with one attached hydrogen (secondary N) is 1. The Labute approximate surface area is 171 Å². The van der Waals surface area contributed by atoms with E-state index < -0.39 is 0 Å². The molecule has 1 fully saturated rings. The van der Waals surface area contributed by atoms with Crippen molar-refractivity contribution in [3.8, 4) is 0 Å². The number of carbonyl (C=O) groups excluding carboxylic acids is 2. The molecule has 0 atom stereocenters. The molecule has 27 heavy (non-hydrogen) atoms. The van der Waals surface area contributed by atoms with Crippen molar-refractivity contribution in [1.29, 1.82) is 0 Å². The molecule has 8 heteroatoms. The number of nitrogens with two attached hydrogens (primary N) is 1. The predicted octanol–water partition coefficient (Wildman–Crippen LogP) is 1.40. The molecular formula is C19H26Cl2N4O2. The van der Waals surface area contributed by atoms with Crippen LogP contribution in [0.15, 0.2) is 42.5 Å². The number of amides is 2. The summed E-state index contributed by atoms with van der Waals surface area (Å²) in [6, 6.07) is 14.8. The standard InChI is InChI=1S/C19H24N4O2.2ClH/c20-12-18(24)21-13-19(25)23-10-8-22(9-11-23)14-16-6-3-5-15-4-1-2-7-17(15)16;;/h1-7H,8-14,20H2,(H,21,24);2*1H. The van der Waals surface area contributed by atoms with Gasteiger partial charge < -0.3 is 16.0 Å². The average Bonchev–Trinajstić information content (AvgIpc) is 2.66. The molecule has 1 aliphatic heterocycles. The van der Waals surface area contributed by atoms with Gasteiger partial charge in [-0.3, -0.25) is 14.5 Å². The maximum absolute atomic E-state index is 12.1. The van der Waals surface area contributed by atoms with Gasteiger partial charge in [0.05, 0.1) is 13.1 Å². The molecule has 0 spiro atoms. The second kappa shape index (κ2) is 11.1. The van der Waals surface area contributed by atoms with Crippen LogP contribution >= 0.6 is 24.8 Å². The van der Waals surface area contributed by atoms with Crippen LogP contribution in [0.3, 0.4) is 0 Å². The average molecular weight is 413 g/mol.